The molecular formula is C21H36O6. The Bertz CT molecular complexity index is 444. The van der Waals surface area contributed by atoms with Crippen LogP contribution in [0.1, 0.15) is 90.4 Å². The van der Waals surface area contributed by atoms with Crippen molar-refractivity contribution in [2.45, 2.75) is 90.4 Å². The normalized spacial score (nSPS) is 10.4. The minimum absolute atomic E-state index is 0.139. The summed E-state index contributed by atoms with van der Waals surface area (Å²) in [6.07, 6.45) is 11.0. The zero-order chi connectivity index (χ0) is 20.3. The highest BCUT2D eigenvalue weighted by Gasteiger charge is 2.04. The second-order valence-corrected chi connectivity index (χ2v) is 6.92. The molecule has 0 rings (SSSR count). The zero-order valence-corrected chi connectivity index (χ0v) is 16.8. The predicted octanol–water partition coefficient (Wildman–Crippen LogP) is 4.80. The second-order valence-electron chi connectivity index (χ2n) is 6.92. The summed E-state index contributed by atoms with van der Waals surface area (Å²) in [7, 11) is 0. The molecule has 0 atom stereocenters. The van der Waals surface area contributed by atoms with E-state index < -0.39 is 5.97 Å². The van der Waals surface area contributed by atoms with Crippen molar-refractivity contribution in [3.8, 4) is 0 Å². The minimum Gasteiger partial charge on any atom is -0.481 e. The lowest BCUT2D eigenvalue weighted by molar-refractivity contribution is -0.144. The van der Waals surface area contributed by atoms with Crippen LogP contribution in [-0.4, -0.2) is 36.2 Å². The van der Waals surface area contributed by atoms with Gasteiger partial charge in [-0.3, -0.25) is 9.59 Å². The van der Waals surface area contributed by atoms with Crippen LogP contribution in [0.2, 0.25) is 0 Å². The molecule has 0 radical (unpaired) electrons. The van der Waals surface area contributed by atoms with Gasteiger partial charge >= 0.3 is 17.9 Å². The molecule has 6 nitrogen and oxygen atoms in total. The molecule has 0 bridgehead atoms. The smallest absolute Gasteiger partial charge is 0.333 e. The molecule has 0 aliphatic carbocycles. The second kappa shape index (κ2) is 17.6. The summed E-state index contributed by atoms with van der Waals surface area (Å²) >= 11 is 0. The lowest BCUT2D eigenvalue weighted by Crippen LogP contribution is -2.06. The van der Waals surface area contributed by atoms with Gasteiger partial charge in [-0.2, -0.15) is 0 Å². The topological polar surface area (TPSA) is 89.9 Å². The fourth-order valence-electron chi connectivity index (χ4n) is 2.53. The van der Waals surface area contributed by atoms with E-state index in [2.05, 4.69) is 6.58 Å². The number of carbonyl (C=O) groups excluding carboxylic acids is 2. The van der Waals surface area contributed by atoms with E-state index in [1.54, 1.807) is 6.92 Å². The third-order valence-electron chi connectivity index (χ3n) is 4.15. The molecule has 0 aromatic rings. The van der Waals surface area contributed by atoms with E-state index in [0.29, 0.717) is 31.6 Å². The molecule has 0 unspecified atom stereocenters. The number of carboxylic acids is 1. The maximum absolute atomic E-state index is 11.6. The minimum atomic E-state index is -0.748. The van der Waals surface area contributed by atoms with Gasteiger partial charge in [0.25, 0.3) is 0 Å². The molecule has 0 aliphatic heterocycles. The summed E-state index contributed by atoms with van der Waals surface area (Å²) in [6, 6.07) is 0. The van der Waals surface area contributed by atoms with Crippen LogP contribution in [0.15, 0.2) is 12.2 Å². The van der Waals surface area contributed by atoms with Crippen molar-refractivity contribution in [2.75, 3.05) is 13.2 Å². The molecule has 0 heterocycles. The zero-order valence-electron chi connectivity index (χ0n) is 16.8. The third kappa shape index (κ3) is 18.7. The molecule has 0 fully saturated rings. The summed E-state index contributed by atoms with van der Waals surface area (Å²) in [5.41, 5.74) is 0.431. The van der Waals surface area contributed by atoms with E-state index >= 15 is 0 Å². The lowest BCUT2D eigenvalue weighted by Gasteiger charge is -2.06. The Kier molecular flexibility index (Phi) is 16.4. The van der Waals surface area contributed by atoms with Crippen molar-refractivity contribution >= 4 is 17.9 Å². The Morgan fingerprint density at radius 2 is 1.15 bits per heavy atom. The average molecular weight is 385 g/mol. The SMILES string of the molecule is C=C(C)C(=O)OCCCCCCCCOC(=O)CCCCCCCC(=O)O. The van der Waals surface area contributed by atoms with Crippen LogP contribution < -0.4 is 0 Å². The van der Waals surface area contributed by atoms with Gasteiger partial charge in [0.1, 0.15) is 0 Å². The monoisotopic (exact) mass is 384 g/mol. The number of ether oxygens (including phenoxy) is 2. The Labute approximate surface area is 163 Å². The van der Waals surface area contributed by atoms with E-state index in [4.69, 9.17) is 14.6 Å². The van der Waals surface area contributed by atoms with Gasteiger partial charge in [-0.05, 0) is 32.6 Å². The largest absolute Gasteiger partial charge is 0.481 e. The van der Waals surface area contributed by atoms with Crippen molar-refractivity contribution in [2.24, 2.45) is 0 Å². The molecule has 0 aliphatic rings. The molecule has 6 heteroatoms. The Morgan fingerprint density at radius 3 is 1.67 bits per heavy atom. The highest BCUT2D eigenvalue weighted by molar-refractivity contribution is 5.86. The standard InChI is InChI=1S/C21H36O6/c1-18(2)21(25)27-17-13-9-4-3-8-12-16-26-20(24)15-11-7-5-6-10-14-19(22)23/h1,3-17H2,2H3,(H,22,23). The number of carboxylic acid groups (broad SMARTS) is 1. The van der Waals surface area contributed by atoms with Crippen LogP contribution in [0.4, 0.5) is 0 Å². The highest BCUT2D eigenvalue weighted by atomic mass is 16.5. The molecule has 0 saturated carbocycles. The van der Waals surface area contributed by atoms with Crippen molar-refractivity contribution in [1.82, 2.24) is 0 Å². The summed E-state index contributed by atoms with van der Waals surface area (Å²) in [5, 5.41) is 8.53. The number of esters is 2. The summed E-state index contributed by atoms with van der Waals surface area (Å²) in [5.74, 6) is -1.21. The van der Waals surface area contributed by atoms with Crippen LogP contribution >= 0.6 is 0 Å². The van der Waals surface area contributed by atoms with Gasteiger partial charge in [0.15, 0.2) is 0 Å². The van der Waals surface area contributed by atoms with Gasteiger partial charge in [0, 0.05) is 18.4 Å². The van der Waals surface area contributed by atoms with Crippen LogP contribution in [0, 0.1) is 0 Å². The Hall–Kier alpha value is -1.85. The van der Waals surface area contributed by atoms with E-state index in [0.717, 1.165) is 64.2 Å². The number of carbonyl (C=O) groups is 3. The van der Waals surface area contributed by atoms with Crippen molar-refractivity contribution < 1.29 is 29.0 Å². The Balaban J connectivity index is 3.26. The highest BCUT2D eigenvalue weighted by Crippen LogP contribution is 2.09. The molecule has 0 amide bonds. The first-order chi connectivity index (χ1) is 12.9. The first-order valence-electron chi connectivity index (χ1n) is 10.1. The number of unbranched alkanes of at least 4 members (excludes halogenated alkanes) is 9. The summed E-state index contributed by atoms with van der Waals surface area (Å²) in [4.78, 5) is 33.1. The maximum Gasteiger partial charge on any atom is 0.333 e. The molecule has 1 N–H and O–H groups in total. The predicted molar refractivity (Wildman–Crippen MR) is 104 cm³/mol. The van der Waals surface area contributed by atoms with E-state index in [9.17, 15) is 14.4 Å². The molecule has 0 aromatic heterocycles. The van der Waals surface area contributed by atoms with Gasteiger partial charge in [0.2, 0.25) is 0 Å². The van der Waals surface area contributed by atoms with Gasteiger partial charge in [-0.1, -0.05) is 51.5 Å². The first kappa shape index (κ1) is 25.1. The van der Waals surface area contributed by atoms with Crippen molar-refractivity contribution in [3.63, 3.8) is 0 Å². The molecule has 0 aromatic carbocycles. The van der Waals surface area contributed by atoms with Crippen molar-refractivity contribution in [3.05, 3.63) is 12.2 Å². The molecule has 0 spiro atoms. The van der Waals surface area contributed by atoms with Crippen LogP contribution in [-0.2, 0) is 23.9 Å². The molecular weight excluding hydrogens is 348 g/mol. The lowest BCUT2D eigenvalue weighted by atomic mass is 10.1. The first-order valence-corrected chi connectivity index (χ1v) is 10.1. The summed E-state index contributed by atoms with van der Waals surface area (Å²) in [6.45, 7) is 6.10. The molecule has 156 valence electrons. The van der Waals surface area contributed by atoms with E-state index in [1.807, 2.05) is 0 Å². The molecule has 27 heavy (non-hydrogen) atoms. The van der Waals surface area contributed by atoms with Crippen LogP contribution in [0.25, 0.3) is 0 Å². The fourth-order valence-corrected chi connectivity index (χ4v) is 2.53. The number of hydrogen-bond donors (Lipinski definition) is 1. The maximum atomic E-state index is 11.6. The van der Waals surface area contributed by atoms with Crippen LogP contribution in [0.5, 0.6) is 0 Å². The number of rotatable bonds is 18. The van der Waals surface area contributed by atoms with E-state index in [1.165, 1.54) is 0 Å². The van der Waals surface area contributed by atoms with Gasteiger partial charge in [0.05, 0.1) is 13.2 Å². The third-order valence-corrected chi connectivity index (χ3v) is 4.15. The summed E-state index contributed by atoms with van der Waals surface area (Å²) < 4.78 is 10.2. The van der Waals surface area contributed by atoms with Crippen molar-refractivity contribution in [1.29, 1.82) is 0 Å². The fraction of sp³-hybridized carbons (Fsp3) is 0.762. The van der Waals surface area contributed by atoms with Gasteiger partial charge < -0.3 is 14.6 Å². The number of hydrogen-bond acceptors (Lipinski definition) is 5. The Morgan fingerprint density at radius 1 is 0.704 bits per heavy atom. The van der Waals surface area contributed by atoms with Gasteiger partial charge in [-0.25, -0.2) is 4.79 Å². The molecule has 0 saturated heterocycles. The quantitative estimate of drug-likeness (QED) is 0.207. The number of aliphatic carboxylic acids is 1. The average Bonchev–Trinajstić information content (AvgIpc) is 2.61. The van der Waals surface area contributed by atoms with E-state index in [-0.39, 0.29) is 18.4 Å². The van der Waals surface area contributed by atoms with Gasteiger partial charge in [-0.15, -0.1) is 0 Å². The van der Waals surface area contributed by atoms with Crippen LogP contribution in [0.3, 0.4) is 0 Å².